The summed E-state index contributed by atoms with van der Waals surface area (Å²) in [6.45, 7) is 9.88. The zero-order chi connectivity index (χ0) is 17.1. The van der Waals surface area contributed by atoms with Crippen LogP contribution in [0.3, 0.4) is 0 Å². The van der Waals surface area contributed by atoms with Crippen molar-refractivity contribution in [2.24, 2.45) is 0 Å². The number of hydrogen-bond donors (Lipinski definition) is 0. The highest BCUT2D eigenvalue weighted by molar-refractivity contribution is 8.15. The number of carbonyl (C=O) groups excluding carboxylic acids is 1. The average molecular weight is 391 g/mol. The maximum absolute atomic E-state index is 11.8. The summed E-state index contributed by atoms with van der Waals surface area (Å²) in [5.74, 6) is 2.02. The van der Waals surface area contributed by atoms with Gasteiger partial charge in [-0.3, -0.25) is 4.79 Å². The maximum atomic E-state index is 11.8. The molecule has 0 fully saturated rings. The molecule has 0 saturated heterocycles. The normalized spacial score (nSPS) is 12.3. The SMILES string of the molecule is C=C(C)C(=O)SC(CCC)CSc1nnc(SCCCCC)s1. The zero-order valence-electron chi connectivity index (χ0n) is 14.2. The molecule has 0 radical (unpaired) electrons. The minimum Gasteiger partial charge on any atom is -0.282 e. The molecule has 1 unspecified atom stereocenters. The van der Waals surface area contributed by atoms with E-state index in [1.165, 1.54) is 31.0 Å². The Morgan fingerprint density at radius 3 is 2.48 bits per heavy atom. The third-order valence-corrected chi connectivity index (χ3v) is 7.93. The van der Waals surface area contributed by atoms with Gasteiger partial charge in [-0.05, 0) is 25.3 Å². The Bertz CT molecular complexity index is 490. The molecule has 0 aromatic carbocycles. The van der Waals surface area contributed by atoms with Gasteiger partial charge >= 0.3 is 0 Å². The molecule has 1 aromatic heterocycles. The molecule has 130 valence electrons. The minimum absolute atomic E-state index is 0.105. The van der Waals surface area contributed by atoms with Crippen LogP contribution in [0.25, 0.3) is 0 Å². The van der Waals surface area contributed by atoms with Crippen molar-refractivity contribution in [3.8, 4) is 0 Å². The summed E-state index contributed by atoms with van der Waals surface area (Å²) >= 11 is 6.60. The average Bonchev–Trinajstić information content (AvgIpc) is 2.97. The predicted molar refractivity (Wildman–Crippen MR) is 107 cm³/mol. The molecule has 0 bridgehead atoms. The number of unbranched alkanes of at least 4 members (excludes halogenated alkanes) is 2. The Morgan fingerprint density at radius 2 is 1.87 bits per heavy atom. The van der Waals surface area contributed by atoms with Crippen molar-refractivity contribution < 1.29 is 4.79 Å². The van der Waals surface area contributed by atoms with Crippen molar-refractivity contribution in [2.45, 2.75) is 66.8 Å². The minimum atomic E-state index is 0.105. The van der Waals surface area contributed by atoms with Crippen LogP contribution in [-0.2, 0) is 4.79 Å². The smallest absolute Gasteiger partial charge is 0.214 e. The molecule has 0 spiro atoms. The van der Waals surface area contributed by atoms with E-state index in [9.17, 15) is 4.79 Å². The van der Waals surface area contributed by atoms with Gasteiger partial charge in [-0.1, -0.05) is 86.3 Å². The van der Waals surface area contributed by atoms with Gasteiger partial charge in [-0.25, -0.2) is 0 Å². The van der Waals surface area contributed by atoms with E-state index in [1.54, 1.807) is 41.8 Å². The fraction of sp³-hybridized carbons (Fsp3) is 0.688. The third-order valence-electron chi connectivity index (χ3n) is 2.99. The summed E-state index contributed by atoms with van der Waals surface area (Å²) in [7, 11) is 0. The topological polar surface area (TPSA) is 42.9 Å². The van der Waals surface area contributed by atoms with E-state index >= 15 is 0 Å². The number of nitrogens with zero attached hydrogens (tertiary/aromatic N) is 2. The van der Waals surface area contributed by atoms with Crippen LogP contribution in [0.15, 0.2) is 20.8 Å². The van der Waals surface area contributed by atoms with Gasteiger partial charge < -0.3 is 0 Å². The molecule has 3 nitrogen and oxygen atoms in total. The summed E-state index contributed by atoms with van der Waals surface area (Å²) < 4.78 is 2.06. The second-order valence-electron chi connectivity index (χ2n) is 5.30. The summed E-state index contributed by atoms with van der Waals surface area (Å²) in [4.78, 5) is 11.8. The second kappa shape index (κ2) is 12.4. The van der Waals surface area contributed by atoms with Crippen molar-refractivity contribution in [1.29, 1.82) is 0 Å². The van der Waals surface area contributed by atoms with E-state index in [-0.39, 0.29) is 5.12 Å². The molecule has 7 heteroatoms. The first-order valence-corrected chi connectivity index (χ1v) is 11.7. The molecule has 0 N–H and O–H groups in total. The molecule has 1 atom stereocenters. The first-order valence-electron chi connectivity index (χ1n) is 8.02. The van der Waals surface area contributed by atoms with Crippen LogP contribution < -0.4 is 0 Å². The maximum Gasteiger partial charge on any atom is 0.214 e. The molecule has 1 heterocycles. The first-order chi connectivity index (χ1) is 11.1. The van der Waals surface area contributed by atoms with Gasteiger partial charge in [-0.15, -0.1) is 10.2 Å². The van der Waals surface area contributed by atoms with Crippen LogP contribution in [-0.4, -0.2) is 32.1 Å². The van der Waals surface area contributed by atoms with Gasteiger partial charge in [0.15, 0.2) is 8.68 Å². The monoisotopic (exact) mass is 390 g/mol. The predicted octanol–water partition coefficient (Wildman–Crippen LogP) is 5.92. The van der Waals surface area contributed by atoms with E-state index in [1.807, 2.05) is 0 Å². The lowest BCUT2D eigenvalue weighted by molar-refractivity contribution is -0.107. The van der Waals surface area contributed by atoms with Crippen molar-refractivity contribution in [3.63, 3.8) is 0 Å². The molecule has 0 saturated carbocycles. The van der Waals surface area contributed by atoms with Gasteiger partial charge in [0.2, 0.25) is 5.12 Å². The van der Waals surface area contributed by atoms with E-state index in [2.05, 4.69) is 30.6 Å². The Hall–Kier alpha value is 0.0200. The van der Waals surface area contributed by atoms with Crippen LogP contribution in [0.5, 0.6) is 0 Å². The van der Waals surface area contributed by atoms with Crippen LogP contribution in [0.4, 0.5) is 0 Å². The van der Waals surface area contributed by atoms with Gasteiger partial charge in [0.05, 0.1) is 0 Å². The standard InChI is InChI=1S/C16H26N2OS4/c1-5-7-8-10-20-15-17-18-16(23-15)21-11-13(9-6-2)22-14(19)12(3)4/h13H,3,5-11H2,1-2,4H3. The molecular weight excluding hydrogens is 364 g/mol. The number of thioether (sulfide) groups is 3. The van der Waals surface area contributed by atoms with E-state index in [0.29, 0.717) is 10.8 Å². The lowest BCUT2D eigenvalue weighted by Crippen LogP contribution is -2.10. The van der Waals surface area contributed by atoms with E-state index < -0.39 is 0 Å². The highest BCUT2D eigenvalue weighted by Crippen LogP contribution is 2.32. The Labute approximate surface area is 156 Å². The summed E-state index contributed by atoms with van der Waals surface area (Å²) in [6, 6.07) is 0. The molecule has 1 aromatic rings. The number of carbonyl (C=O) groups is 1. The number of aromatic nitrogens is 2. The Balaban J connectivity index is 2.40. The molecule has 1 rings (SSSR count). The largest absolute Gasteiger partial charge is 0.282 e. The molecule has 0 aliphatic rings. The van der Waals surface area contributed by atoms with Crippen LogP contribution >= 0.6 is 46.6 Å². The van der Waals surface area contributed by atoms with E-state index in [4.69, 9.17) is 0 Å². The van der Waals surface area contributed by atoms with Crippen LogP contribution in [0.2, 0.25) is 0 Å². The summed E-state index contributed by atoms with van der Waals surface area (Å²) in [5, 5.41) is 8.93. The molecular formula is C16H26N2OS4. The fourth-order valence-corrected chi connectivity index (χ4v) is 6.16. The number of rotatable bonds is 12. The summed E-state index contributed by atoms with van der Waals surface area (Å²) in [5.41, 5.74) is 0.628. The molecule has 0 amide bonds. The Morgan fingerprint density at radius 1 is 1.17 bits per heavy atom. The lowest BCUT2D eigenvalue weighted by atomic mass is 10.3. The molecule has 0 aliphatic heterocycles. The van der Waals surface area contributed by atoms with Crippen molar-refractivity contribution in [1.82, 2.24) is 10.2 Å². The molecule has 23 heavy (non-hydrogen) atoms. The van der Waals surface area contributed by atoms with Gasteiger partial charge in [-0.2, -0.15) is 0 Å². The van der Waals surface area contributed by atoms with Crippen molar-refractivity contribution in [3.05, 3.63) is 12.2 Å². The third kappa shape index (κ3) is 9.17. The highest BCUT2D eigenvalue weighted by atomic mass is 32.2. The second-order valence-corrected chi connectivity index (χ2v) is 10.2. The zero-order valence-corrected chi connectivity index (χ0v) is 17.4. The van der Waals surface area contributed by atoms with Gasteiger partial charge in [0.25, 0.3) is 0 Å². The molecule has 0 aliphatic carbocycles. The van der Waals surface area contributed by atoms with E-state index in [0.717, 1.165) is 33.0 Å². The quantitative estimate of drug-likeness (QED) is 0.251. The lowest BCUT2D eigenvalue weighted by Gasteiger charge is -2.13. The first kappa shape index (κ1) is 21.1. The number of hydrogen-bond acceptors (Lipinski definition) is 7. The Kier molecular flexibility index (Phi) is 11.3. The van der Waals surface area contributed by atoms with Gasteiger partial charge in [0.1, 0.15) is 0 Å². The highest BCUT2D eigenvalue weighted by Gasteiger charge is 2.16. The van der Waals surface area contributed by atoms with Crippen LogP contribution in [0.1, 0.15) is 52.9 Å². The van der Waals surface area contributed by atoms with Crippen LogP contribution in [0, 0.1) is 0 Å². The van der Waals surface area contributed by atoms with Crippen molar-refractivity contribution in [2.75, 3.05) is 11.5 Å². The van der Waals surface area contributed by atoms with Crippen molar-refractivity contribution >= 4 is 51.7 Å². The van der Waals surface area contributed by atoms with Gasteiger partial charge in [0, 0.05) is 16.8 Å². The summed E-state index contributed by atoms with van der Waals surface area (Å²) in [6.07, 6.45) is 5.88. The fourth-order valence-electron chi connectivity index (χ4n) is 1.74.